The van der Waals surface area contributed by atoms with Crippen LogP contribution in [0.1, 0.15) is 0 Å². The van der Waals surface area contributed by atoms with E-state index in [0.717, 1.165) is 23.5 Å². The molecule has 0 fully saturated rings. The van der Waals surface area contributed by atoms with Crippen molar-refractivity contribution in [2.45, 2.75) is 0 Å². The van der Waals surface area contributed by atoms with Crippen LogP contribution in [0.4, 0.5) is 5.69 Å². The summed E-state index contributed by atoms with van der Waals surface area (Å²) in [6.07, 6.45) is 0. The molecule has 7 nitrogen and oxygen atoms in total. The second-order valence-electron chi connectivity index (χ2n) is 4.34. The van der Waals surface area contributed by atoms with Crippen molar-refractivity contribution in [3.8, 4) is 0 Å². The molecule has 2 aliphatic rings. The standard InChI is InChI=1S/C6HN5O2S2.C6H4S4/c12-11(13)3-1-2-4(8-14-7-2)6-5(3)9-15-10-6;1-2-8-5(7-1)6-9-3-4-10-6/h1H;1-4H. The summed E-state index contributed by atoms with van der Waals surface area (Å²) in [6, 6.07) is 1.38. The zero-order valence-corrected chi connectivity index (χ0v) is 16.8. The van der Waals surface area contributed by atoms with Crippen molar-refractivity contribution in [1.82, 2.24) is 17.5 Å². The highest BCUT2D eigenvalue weighted by Crippen LogP contribution is 2.50. The Hall–Kier alpha value is -1.12. The van der Waals surface area contributed by atoms with Gasteiger partial charge >= 0.3 is 5.69 Å². The largest absolute Gasteiger partial charge is 0.300 e. The smallest absolute Gasteiger partial charge is 0.258 e. The molecular formula is C12H5N5O2S6. The molecule has 4 heterocycles. The van der Waals surface area contributed by atoms with Gasteiger partial charge in [-0.1, -0.05) is 47.0 Å². The number of nitro benzene ring substituents is 1. The summed E-state index contributed by atoms with van der Waals surface area (Å²) in [6.45, 7) is 0. The van der Waals surface area contributed by atoms with Crippen molar-refractivity contribution in [2.24, 2.45) is 0 Å². The summed E-state index contributed by atoms with van der Waals surface area (Å²) in [5, 5.41) is 19.3. The minimum Gasteiger partial charge on any atom is -0.258 e. The van der Waals surface area contributed by atoms with Crippen LogP contribution < -0.4 is 0 Å². The molecule has 0 saturated carbocycles. The van der Waals surface area contributed by atoms with Crippen LogP contribution in [0.2, 0.25) is 0 Å². The van der Waals surface area contributed by atoms with Crippen LogP contribution in [0.5, 0.6) is 0 Å². The number of aromatic nitrogens is 4. The lowest BCUT2D eigenvalue weighted by Crippen LogP contribution is -1.90. The zero-order valence-electron chi connectivity index (χ0n) is 11.9. The normalized spacial score (nSPS) is 16.0. The van der Waals surface area contributed by atoms with Gasteiger partial charge in [0.1, 0.15) is 16.6 Å². The molecule has 2 aromatic heterocycles. The van der Waals surface area contributed by atoms with Crippen molar-refractivity contribution in [1.29, 1.82) is 0 Å². The van der Waals surface area contributed by atoms with E-state index in [4.69, 9.17) is 0 Å². The molecule has 0 atom stereocenters. The molecule has 5 rings (SSSR count). The molecule has 1 aromatic carbocycles. The maximum Gasteiger partial charge on any atom is 0.300 e. The molecule has 0 radical (unpaired) electrons. The maximum atomic E-state index is 10.8. The number of nitro groups is 1. The molecule has 2 aliphatic heterocycles. The summed E-state index contributed by atoms with van der Waals surface area (Å²) in [5.41, 5.74) is 1.74. The van der Waals surface area contributed by atoms with Gasteiger partial charge in [0, 0.05) is 6.07 Å². The van der Waals surface area contributed by atoms with Crippen LogP contribution in [0.3, 0.4) is 0 Å². The van der Waals surface area contributed by atoms with Gasteiger partial charge in [0.15, 0.2) is 5.52 Å². The topological polar surface area (TPSA) is 94.7 Å². The fourth-order valence-corrected chi connectivity index (χ4v) is 7.03. The van der Waals surface area contributed by atoms with Crippen molar-refractivity contribution in [3.63, 3.8) is 0 Å². The van der Waals surface area contributed by atoms with E-state index >= 15 is 0 Å². The highest BCUT2D eigenvalue weighted by atomic mass is 32.2. The van der Waals surface area contributed by atoms with Crippen LogP contribution in [-0.2, 0) is 0 Å². The van der Waals surface area contributed by atoms with Crippen molar-refractivity contribution in [3.05, 3.63) is 46.3 Å². The lowest BCUT2D eigenvalue weighted by atomic mass is 10.2. The lowest BCUT2D eigenvalue weighted by molar-refractivity contribution is -0.383. The molecule has 25 heavy (non-hydrogen) atoms. The molecule has 0 N–H and O–H groups in total. The predicted molar refractivity (Wildman–Crippen MR) is 111 cm³/mol. The van der Waals surface area contributed by atoms with Crippen LogP contribution >= 0.6 is 70.5 Å². The van der Waals surface area contributed by atoms with Gasteiger partial charge in [-0.15, -0.1) is 0 Å². The quantitative estimate of drug-likeness (QED) is 0.348. The monoisotopic (exact) mass is 443 g/mol. The average Bonchev–Trinajstić information content (AvgIpc) is 3.42. The van der Waals surface area contributed by atoms with E-state index in [2.05, 4.69) is 39.1 Å². The summed E-state index contributed by atoms with van der Waals surface area (Å²) < 4.78 is 18.7. The Kier molecular flexibility index (Phi) is 5.28. The Morgan fingerprint density at radius 1 is 0.760 bits per heavy atom. The van der Waals surface area contributed by atoms with E-state index < -0.39 is 4.92 Å². The van der Waals surface area contributed by atoms with E-state index in [0.29, 0.717) is 16.6 Å². The van der Waals surface area contributed by atoms with Crippen molar-refractivity contribution in [2.75, 3.05) is 0 Å². The molecular weight excluding hydrogens is 439 g/mol. The average molecular weight is 444 g/mol. The van der Waals surface area contributed by atoms with Gasteiger partial charge in [-0.3, -0.25) is 10.1 Å². The minimum absolute atomic E-state index is 0.0704. The van der Waals surface area contributed by atoms with Crippen LogP contribution in [0, 0.1) is 10.1 Å². The highest BCUT2D eigenvalue weighted by Gasteiger charge is 2.20. The zero-order chi connectivity index (χ0) is 17.2. The number of non-ortho nitro benzene ring substituents is 1. The first-order chi connectivity index (χ1) is 12.2. The Morgan fingerprint density at radius 2 is 1.28 bits per heavy atom. The molecule has 0 saturated heterocycles. The maximum absolute atomic E-state index is 10.8. The van der Waals surface area contributed by atoms with Gasteiger partial charge in [0.05, 0.1) is 36.9 Å². The second kappa shape index (κ2) is 7.63. The van der Waals surface area contributed by atoms with Crippen LogP contribution in [0.25, 0.3) is 22.1 Å². The first-order valence-corrected chi connectivity index (χ1v) is 11.4. The molecule has 0 bridgehead atoms. The third kappa shape index (κ3) is 3.57. The fraction of sp³-hybridized carbons (Fsp3) is 0. The third-order valence-corrected chi connectivity index (χ3v) is 8.77. The van der Waals surface area contributed by atoms with Gasteiger partial charge in [0.2, 0.25) is 0 Å². The van der Waals surface area contributed by atoms with Crippen LogP contribution in [0.15, 0.2) is 36.2 Å². The summed E-state index contributed by atoms with van der Waals surface area (Å²) in [5.74, 6) is 0. The van der Waals surface area contributed by atoms with E-state index in [1.54, 1.807) is 0 Å². The van der Waals surface area contributed by atoms with Crippen molar-refractivity contribution >= 4 is 98.3 Å². The lowest BCUT2D eigenvalue weighted by Gasteiger charge is -1.97. The Morgan fingerprint density at radius 3 is 1.88 bits per heavy atom. The van der Waals surface area contributed by atoms with Gasteiger partial charge in [0.25, 0.3) is 0 Å². The fourth-order valence-electron chi connectivity index (χ4n) is 1.91. The first kappa shape index (κ1) is 17.3. The first-order valence-electron chi connectivity index (χ1n) is 6.47. The number of benzene rings is 1. The summed E-state index contributed by atoms with van der Waals surface area (Å²) in [7, 11) is 0. The van der Waals surface area contributed by atoms with E-state index in [1.165, 1.54) is 14.5 Å². The number of rotatable bonds is 1. The number of hydrogen-bond acceptors (Lipinski definition) is 12. The SMILES string of the molecule is C1=CSC(=C2SC=CS2)S1.O=[N+]([O-])c1cc2nsnc2c2nsnc12. The number of nitrogens with zero attached hydrogens (tertiary/aromatic N) is 5. The molecule has 0 amide bonds. The number of fused-ring (bicyclic) bond motifs is 3. The van der Waals surface area contributed by atoms with E-state index in [-0.39, 0.29) is 11.2 Å². The molecule has 126 valence electrons. The number of thioether (sulfide) groups is 4. The van der Waals surface area contributed by atoms with E-state index in [1.807, 2.05) is 47.0 Å². The highest BCUT2D eigenvalue weighted by molar-refractivity contribution is 8.33. The number of hydrogen-bond donors (Lipinski definition) is 0. The Balaban J connectivity index is 0.000000136. The summed E-state index contributed by atoms with van der Waals surface area (Å²) in [4.78, 5) is 10.3. The predicted octanol–water partition coefficient (Wildman–Crippen LogP) is 5.62. The Bertz CT molecular complexity index is 1010. The van der Waals surface area contributed by atoms with Gasteiger partial charge in [-0.2, -0.15) is 17.5 Å². The second-order valence-corrected chi connectivity index (χ2v) is 9.58. The van der Waals surface area contributed by atoms with Crippen LogP contribution in [-0.4, -0.2) is 22.4 Å². The van der Waals surface area contributed by atoms with E-state index in [9.17, 15) is 10.1 Å². The third-order valence-electron chi connectivity index (χ3n) is 2.92. The minimum atomic E-state index is -0.484. The Labute approximate surface area is 166 Å². The summed E-state index contributed by atoms with van der Waals surface area (Å²) >= 11 is 9.22. The molecule has 0 unspecified atom stereocenters. The van der Waals surface area contributed by atoms with Gasteiger partial charge in [-0.25, -0.2) is 0 Å². The molecule has 3 aromatic rings. The van der Waals surface area contributed by atoms with Gasteiger partial charge in [-0.05, 0) is 21.6 Å². The molecule has 13 heteroatoms. The van der Waals surface area contributed by atoms with Crippen molar-refractivity contribution < 1.29 is 4.92 Å². The molecule has 0 spiro atoms. The van der Waals surface area contributed by atoms with Gasteiger partial charge < -0.3 is 0 Å². The molecule has 0 aliphatic carbocycles.